The minimum absolute atomic E-state index is 0. The van der Waals surface area contributed by atoms with E-state index in [1.54, 1.807) is 18.2 Å². The van der Waals surface area contributed by atoms with Crippen LogP contribution in [-0.4, -0.2) is 16.6 Å². The number of nitriles is 1. The van der Waals surface area contributed by atoms with Gasteiger partial charge in [-0.25, -0.2) is 4.98 Å². The summed E-state index contributed by atoms with van der Waals surface area (Å²) in [5.74, 6) is 0.443. The molecule has 27 heavy (non-hydrogen) atoms. The number of nitrogen functional groups attached to an aromatic ring is 1. The quantitative estimate of drug-likeness (QED) is 0.635. The van der Waals surface area contributed by atoms with Crippen LogP contribution in [0.25, 0.3) is 11.3 Å². The maximum absolute atomic E-state index is 10.2. The summed E-state index contributed by atoms with van der Waals surface area (Å²) >= 11 is 0. The fourth-order valence-electron chi connectivity index (χ4n) is 3.52. The summed E-state index contributed by atoms with van der Waals surface area (Å²) in [6, 6.07) is 19.3. The van der Waals surface area contributed by atoms with Crippen LogP contribution in [0.2, 0.25) is 0 Å². The van der Waals surface area contributed by atoms with Gasteiger partial charge in [0.25, 0.3) is 0 Å². The van der Waals surface area contributed by atoms with Crippen molar-refractivity contribution in [3.05, 3.63) is 71.3 Å². The van der Waals surface area contributed by atoms with Crippen molar-refractivity contribution < 1.29 is 5.11 Å². The van der Waals surface area contributed by atoms with Crippen LogP contribution in [-0.2, 0) is 6.42 Å². The second kappa shape index (κ2) is 7.38. The molecule has 4 rings (SSSR count). The Bertz CT molecular complexity index is 1020. The van der Waals surface area contributed by atoms with Gasteiger partial charge in [0.2, 0.25) is 0 Å². The average Bonchev–Trinajstić information content (AvgIpc) is 2.67. The van der Waals surface area contributed by atoms with Crippen molar-refractivity contribution in [2.75, 3.05) is 17.6 Å². The number of fused-ring (bicyclic) bond motifs is 1. The topological polar surface area (TPSA) is 95.0 Å². The van der Waals surface area contributed by atoms with Gasteiger partial charge in [-0.3, -0.25) is 0 Å². The van der Waals surface area contributed by atoms with Crippen LogP contribution < -0.4 is 11.1 Å². The van der Waals surface area contributed by atoms with E-state index in [4.69, 9.17) is 5.73 Å². The molecule has 0 spiro atoms. The first kappa shape index (κ1) is 18.3. The molecule has 1 unspecified atom stereocenters. The van der Waals surface area contributed by atoms with E-state index in [9.17, 15) is 10.4 Å². The highest BCUT2D eigenvalue weighted by atomic mass is 16.3. The average molecular weight is 358 g/mol. The van der Waals surface area contributed by atoms with E-state index >= 15 is 0 Å². The molecule has 0 saturated carbocycles. The zero-order valence-corrected chi connectivity index (χ0v) is 14.1. The number of anilines is 2. The van der Waals surface area contributed by atoms with Gasteiger partial charge in [0.05, 0.1) is 11.3 Å². The fourth-order valence-corrected chi connectivity index (χ4v) is 3.52. The lowest BCUT2D eigenvalue weighted by Crippen LogP contribution is -2.22. The summed E-state index contributed by atoms with van der Waals surface area (Å²) in [5, 5.41) is 23.2. The van der Waals surface area contributed by atoms with Crippen LogP contribution in [0.1, 0.15) is 30.0 Å². The number of aromatic hydroxyl groups is 1. The third-order valence-electron chi connectivity index (χ3n) is 4.83. The smallest absolute Gasteiger partial charge is 0.142 e. The Morgan fingerprint density at radius 2 is 1.89 bits per heavy atom. The van der Waals surface area contributed by atoms with Crippen molar-refractivity contribution in [2.45, 2.75) is 19.8 Å². The Kier molecular flexibility index (Phi) is 5.00. The van der Waals surface area contributed by atoms with Gasteiger partial charge < -0.3 is 16.2 Å². The normalized spacial score (nSPS) is 15.0. The number of benzene rings is 2. The van der Waals surface area contributed by atoms with Crippen molar-refractivity contribution in [1.29, 1.82) is 5.26 Å². The van der Waals surface area contributed by atoms with E-state index in [-0.39, 0.29) is 24.9 Å². The predicted octanol–water partition coefficient (Wildman–Crippen LogP) is 4.30. The molecule has 0 aliphatic carbocycles. The highest BCUT2D eigenvalue weighted by Crippen LogP contribution is 2.36. The van der Waals surface area contributed by atoms with Crippen molar-refractivity contribution in [3.63, 3.8) is 0 Å². The molecule has 4 N–H and O–H groups in total. The molecule has 0 radical (unpaired) electrons. The van der Waals surface area contributed by atoms with E-state index in [1.807, 2.05) is 24.3 Å². The molecule has 136 valence electrons. The van der Waals surface area contributed by atoms with Crippen molar-refractivity contribution in [2.24, 2.45) is 0 Å². The van der Waals surface area contributed by atoms with Gasteiger partial charge in [0, 0.05) is 23.7 Å². The molecule has 3 aromatic rings. The maximum atomic E-state index is 10.2. The highest BCUT2D eigenvalue weighted by Gasteiger charge is 2.24. The molecule has 0 amide bonds. The number of pyridine rings is 1. The summed E-state index contributed by atoms with van der Waals surface area (Å²) in [6.45, 7) is 0.718. The largest absolute Gasteiger partial charge is 0.507 e. The number of nitrogens with two attached hydrogens (primary N) is 1. The third kappa shape index (κ3) is 3.30. The van der Waals surface area contributed by atoms with E-state index < -0.39 is 0 Å². The van der Waals surface area contributed by atoms with Gasteiger partial charge in [-0.1, -0.05) is 37.8 Å². The number of hydrogen-bond acceptors (Lipinski definition) is 5. The highest BCUT2D eigenvalue weighted by molar-refractivity contribution is 5.71. The molecule has 2 heterocycles. The van der Waals surface area contributed by atoms with Gasteiger partial charge in [-0.15, -0.1) is 0 Å². The van der Waals surface area contributed by atoms with Crippen LogP contribution in [0.5, 0.6) is 5.75 Å². The van der Waals surface area contributed by atoms with Crippen molar-refractivity contribution in [3.8, 4) is 23.1 Å². The SMILES string of the molecule is C.N#Cc1c(C2CNc3ccccc3C2)cc(-c2ccccc2O)nc1N. The van der Waals surface area contributed by atoms with Crippen LogP contribution in [0.15, 0.2) is 54.6 Å². The van der Waals surface area contributed by atoms with Crippen LogP contribution in [0.4, 0.5) is 11.5 Å². The summed E-state index contributed by atoms with van der Waals surface area (Å²) in [7, 11) is 0. The number of rotatable bonds is 2. The first-order valence-corrected chi connectivity index (χ1v) is 8.48. The second-order valence-electron chi connectivity index (χ2n) is 6.43. The molecule has 1 aliphatic heterocycles. The molecule has 1 aliphatic rings. The van der Waals surface area contributed by atoms with Crippen LogP contribution in [0, 0.1) is 11.3 Å². The van der Waals surface area contributed by atoms with Crippen LogP contribution in [0.3, 0.4) is 0 Å². The van der Waals surface area contributed by atoms with E-state index in [0.717, 1.165) is 24.2 Å². The second-order valence-corrected chi connectivity index (χ2v) is 6.43. The third-order valence-corrected chi connectivity index (χ3v) is 4.83. The molecular weight excluding hydrogens is 336 g/mol. The molecule has 1 atom stereocenters. The van der Waals surface area contributed by atoms with Gasteiger partial charge in [0.15, 0.2) is 0 Å². The number of nitrogens with one attached hydrogen (secondary N) is 1. The van der Waals surface area contributed by atoms with E-state index in [0.29, 0.717) is 16.8 Å². The molecule has 1 aromatic heterocycles. The monoisotopic (exact) mass is 358 g/mol. The Morgan fingerprint density at radius 1 is 1.15 bits per heavy atom. The lowest BCUT2D eigenvalue weighted by atomic mass is 9.85. The van der Waals surface area contributed by atoms with Gasteiger partial charge >= 0.3 is 0 Å². The maximum Gasteiger partial charge on any atom is 0.142 e. The number of phenolic OH excluding ortho intramolecular Hbond substituents is 1. The number of aromatic nitrogens is 1. The minimum Gasteiger partial charge on any atom is -0.507 e. The van der Waals surface area contributed by atoms with Gasteiger partial charge in [-0.05, 0) is 41.8 Å². The lowest BCUT2D eigenvalue weighted by Gasteiger charge is -2.27. The zero-order valence-electron chi connectivity index (χ0n) is 14.1. The first-order valence-electron chi connectivity index (χ1n) is 8.48. The molecule has 0 fully saturated rings. The Balaban J connectivity index is 0.00000210. The number of para-hydroxylation sites is 2. The molecule has 5 heteroatoms. The lowest BCUT2D eigenvalue weighted by molar-refractivity contribution is 0.477. The molecule has 5 nitrogen and oxygen atoms in total. The van der Waals surface area contributed by atoms with Crippen molar-refractivity contribution in [1.82, 2.24) is 4.98 Å². The Labute approximate surface area is 159 Å². The summed E-state index contributed by atoms with van der Waals surface area (Å²) in [6.07, 6.45) is 0.821. The predicted molar refractivity (Wildman–Crippen MR) is 109 cm³/mol. The van der Waals surface area contributed by atoms with Crippen LogP contribution >= 0.6 is 0 Å². The summed E-state index contributed by atoms with van der Waals surface area (Å²) in [5.41, 5.74) is 10.9. The number of hydrogen-bond donors (Lipinski definition) is 3. The fraction of sp³-hybridized carbons (Fsp3) is 0.182. The van der Waals surface area contributed by atoms with E-state index in [2.05, 4.69) is 28.5 Å². The Hall–Kier alpha value is -3.52. The minimum atomic E-state index is 0. The molecule has 2 aromatic carbocycles. The summed E-state index contributed by atoms with van der Waals surface area (Å²) < 4.78 is 0. The Morgan fingerprint density at radius 3 is 2.67 bits per heavy atom. The first-order chi connectivity index (χ1) is 12.7. The standard InChI is InChI=1S/C21H18N4O.CH4/c22-11-17-16(14-9-13-5-1-3-7-18(13)24-12-14)10-19(25-21(17)23)15-6-2-4-8-20(15)26;/h1-8,10,14,24,26H,9,12H2,(H2,23,25);1H4. The van der Waals surface area contributed by atoms with Crippen molar-refractivity contribution >= 4 is 11.5 Å². The number of phenols is 1. The number of nitrogens with zero attached hydrogens (tertiary/aromatic N) is 2. The molecule has 0 saturated heterocycles. The summed E-state index contributed by atoms with van der Waals surface area (Å²) in [4.78, 5) is 4.35. The van der Waals surface area contributed by atoms with Gasteiger partial charge in [0.1, 0.15) is 17.6 Å². The molecule has 0 bridgehead atoms. The van der Waals surface area contributed by atoms with Gasteiger partial charge in [-0.2, -0.15) is 5.26 Å². The zero-order chi connectivity index (χ0) is 18.1. The van der Waals surface area contributed by atoms with E-state index in [1.165, 1.54) is 5.56 Å². The molecular formula is C22H22N4O.